The Hall–Kier alpha value is -0.606. The lowest BCUT2D eigenvalue weighted by Crippen LogP contribution is -2.51. The van der Waals surface area contributed by atoms with Gasteiger partial charge in [-0.25, -0.2) is 0 Å². The summed E-state index contributed by atoms with van der Waals surface area (Å²) < 4.78 is 13.7. The van der Waals surface area contributed by atoms with E-state index in [0.717, 1.165) is 12.8 Å². The molecule has 0 N–H and O–H groups in total. The molecule has 0 saturated heterocycles. The van der Waals surface area contributed by atoms with Crippen molar-refractivity contribution < 1.29 is 8.85 Å². The quantitative estimate of drug-likeness (QED) is 0.192. The highest BCUT2D eigenvalue weighted by Gasteiger charge is 2.47. The second-order valence-corrected chi connectivity index (χ2v) is 21.1. The molecule has 0 amide bonds. The number of allylic oxidation sites excluding steroid dienone is 2. The van der Waals surface area contributed by atoms with Crippen molar-refractivity contribution in [3.8, 4) is 12.3 Å². The summed E-state index contributed by atoms with van der Waals surface area (Å²) >= 11 is 0. The Kier molecular flexibility index (Phi) is 9.88. The maximum atomic E-state index is 7.03. The highest BCUT2D eigenvalue weighted by molar-refractivity contribution is 6.77. The molecule has 30 heavy (non-hydrogen) atoms. The molecular formula is C26H48O2Si2. The predicted molar refractivity (Wildman–Crippen MR) is 138 cm³/mol. The van der Waals surface area contributed by atoms with Crippen LogP contribution in [-0.4, -0.2) is 28.8 Å². The zero-order valence-electron chi connectivity index (χ0n) is 21.6. The van der Waals surface area contributed by atoms with Crippen LogP contribution in [-0.2, 0) is 8.85 Å². The maximum Gasteiger partial charge on any atom is 0.202 e. The van der Waals surface area contributed by atoms with E-state index in [4.69, 9.17) is 15.3 Å². The molecule has 0 saturated carbocycles. The minimum Gasteiger partial charge on any atom is -0.411 e. The Balaban J connectivity index is 3.30. The second-order valence-electron chi connectivity index (χ2n) is 11.3. The van der Waals surface area contributed by atoms with Crippen LogP contribution >= 0.6 is 0 Å². The molecule has 0 aromatic carbocycles. The van der Waals surface area contributed by atoms with Crippen molar-refractivity contribution in [2.75, 3.05) is 0 Å². The van der Waals surface area contributed by atoms with Gasteiger partial charge in [0.25, 0.3) is 0 Å². The number of hydrogen-bond acceptors (Lipinski definition) is 2. The Morgan fingerprint density at radius 2 is 1.63 bits per heavy atom. The summed E-state index contributed by atoms with van der Waals surface area (Å²) in [6, 6.07) is 0. The van der Waals surface area contributed by atoms with Gasteiger partial charge in [-0.05, 0) is 80.4 Å². The molecule has 0 aliphatic heterocycles. The van der Waals surface area contributed by atoms with Crippen molar-refractivity contribution in [2.24, 2.45) is 11.8 Å². The first-order valence-electron chi connectivity index (χ1n) is 11.8. The van der Waals surface area contributed by atoms with Crippen LogP contribution in [0.3, 0.4) is 0 Å². The van der Waals surface area contributed by atoms with Gasteiger partial charge in [0.05, 0.1) is 6.10 Å². The lowest BCUT2D eigenvalue weighted by atomic mass is 9.72. The molecule has 4 atom stereocenters. The van der Waals surface area contributed by atoms with Gasteiger partial charge in [-0.1, -0.05) is 65.7 Å². The molecular weight excluding hydrogens is 400 g/mol. The van der Waals surface area contributed by atoms with Crippen molar-refractivity contribution in [1.29, 1.82) is 0 Å². The van der Waals surface area contributed by atoms with Gasteiger partial charge < -0.3 is 8.85 Å². The van der Waals surface area contributed by atoms with Gasteiger partial charge in [0.15, 0.2) is 8.32 Å². The topological polar surface area (TPSA) is 18.5 Å². The van der Waals surface area contributed by atoms with E-state index in [9.17, 15) is 0 Å². The van der Waals surface area contributed by atoms with E-state index in [1.807, 2.05) is 0 Å². The predicted octanol–water partition coefficient (Wildman–Crippen LogP) is 7.95. The van der Waals surface area contributed by atoms with Gasteiger partial charge in [-0.2, -0.15) is 0 Å². The number of rotatable bonds is 10. The summed E-state index contributed by atoms with van der Waals surface area (Å²) in [5.41, 5.74) is 4.13. The Morgan fingerprint density at radius 3 is 2.00 bits per heavy atom. The first-order chi connectivity index (χ1) is 13.7. The average Bonchev–Trinajstić information content (AvgIpc) is 2.58. The van der Waals surface area contributed by atoms with Gasteiger partial charge in [-0.15, -0.1) is 6.42 Å². The summed E-state index contributed by atoms with van der Waals surface area (Å²) in [5.74, 6) is 3.76. The molecule has 0 aromatic rings. The summed E-state index contributed by atoms with van der Waals surface area (Å²) in [7, 11) is -3.75. The van der Waals surface area contributed by atoms with Crippen LogP contribution in [0.5, 0.6) is 0 Å². The van der Waals surface area contributed by atoms with Crippen LogP contribution in [0, 0.1) is 24.2 Å². The largest absolute Gasteiger partial charge is 0.411 e. The lowest BCUT2D eigenvalue weighted by molar-refractivity contribution is 0.0817. The molecule has 0 aromatic heterocycles. The van der Waals surface area contributed by atoms with E-state index >= 15 is 0 Å². The monoisotopic (exact) mass is 448 g/mol. The minimum atomic E-state index is -2.04. The molecule has 0 heterocycles. The summed E-state index contributed by atoms with van der Waals surface area (Å²) in [4.78, 5) is 0. The molecule has 2 nitrogen and oxygen atoms in total. The molecule has 0 fully saturated rings. The van der Waals surface area contributed by atoms with Gasteiger partial charge in [0.2, 0.25) is 8.32 Å². The van der Waals surface area contributed by atoms with Gasteiger partial charge in [0, 0.05) is 0 Å². The number of terminal acetylenes is 1. The van der Waals surface area contributed by atoms with Crippen molar-refractivity contribution in [3.05, 3.63) is 23.8 Å². The Morgan fingerprint density at radius 1 is 1.13 bits per heavy atom. The molecule has 172 valence electrons. The van der Waals surface area contributed by atoms with E-state index < -0.39 is 16.6 Å². The Labute approximate surface area is 190 Å². The average molecular weight is 449 g/mol. The molecule has 4 heteroatoms. The highest BCUT2D eigenvalue weighted by atomic mass is 28.4. The minimum absolute atomic E-state index is 0.111. The lowest BCUT2D eigenvalue weighted by Gasteiger charge is -2.46. The van der Waals surface area contributed by atoms with Crippen LogP contribution in [0.1, 0.15) is 68.2 Å². The third kappa shape index (κ3) is 6.45. The Bertz CT molecular complexity index is 627. The molecule has 0 radical (unpaired) electrons. The molecule has 1 aliphatic rings. The fraction of sp³-hybridized carbons (Fsp3) is 0.769. The van der Waals surface area contributed by atoms with Crippen molar-refractivity contribution in [3.63, 3.8) is 0 Å². The van der Waals surface area contributed by atoms with Crippen LogP contribution in [0.15, 0.2) is 23.8 Å². The van der Waals surface area contributed by atoms with E-state index in [-0.39, 0.29) is 12.2 Å². The molecule has 0 bridgehead atoms. The van der Waals surface area contributed by atoms with E-state index in [1.165, 1.54) is 11.1 Å². The SMILES string of the molecule is C#C[C@H](C[C@@H]1[C@@H](C(=C)C)CC=C(C)[C@H]1O[Si](C)(C)C)O[Si](C(C)C)(C(C)C)C(C)C. The smallest absolute Gasteiger partial charge is 0.202 e. The van der Waals surface area contributed by atoms with Crippen LogP contribution in [0.2, 0.25) is 36.3 Å². The van der Waals surface area contributed by atoms with Crippen molar-refractivity contribution in [1.82, 2.24) is 0 Å². The van der Waals surface area contributed by atoms with Crippen LogP contribution in [0.25, 0.3) is 0 Å². The molecule has 0 spiro atoms. The summed E-state index contributed by atoms with van der Waals surface area (Å²) in [5, 5.41) is 0. The van der Waals surface area contributed by atoms with Gasteiger partial charge in [0.1, 0.15) is 6.10 Å². The van der Waals surface area contributed by atoms with E-state index in [0.29, 0.717) is 28.5 Å². The van der Waals surface area contributed by atoms with Crippen molar-refractivity contribution in [2.45, 2.75) is 117 Å². The highest BCUT2D eigenvalue weighted by Crippen LogP contribution is 2.45. The zero-order chi connectivity index (χ0) is 23.4. The first kappa shape index (κ1) is 27.4. The summed E-state index contributed by atoms with van der Waals surface area (Å²) in [6.07, 6.45) is 10.3. The second kappa shape index (κ2) is 10.8. The van der Waals surface area contributed by atoms with E-state index in [1.54, 1.807) is 0 Å². The van der Waals surface area contributed by atoms with Crippen LogP contribution < -0.4 is 0 Å². The van der Waals surface area contributed by atoms with Crippen LogP contribution in [0.4, 0.5) is 0 Å². The normalized spacial score (nSPS) is 24.2. The molecule has 0 unspecified atom stereocenters. The summed E-state index contributed by atoms with van der Waals surface area (Å²) in [6.45, 7) is 29.4. The van der Waals surface area contributed by atoms with Gasteiger partial charge in [-0.3, -0.25) is 0 Å². The molecule has 1 rings (SSSR count). The third-order valence-corrected chi connectivity index (χ3v) is 14.0. The standard InChI is InChI=1S/C26H48O2Si2/c1-14-23(27-30(19(4)5,20(6)7)21(8)9)17-25-24(18(2)3)16-15-22(10)26(25)28-29(11,12)13/h1,15,19-21,23-26H,2,16-17H2,3-13H3/t23-,24-,25-,26-/m1/s1. The fourth-order valence-electron chi connectivity index (χ4n) is 5.62. The van der Waals surface area contributed by atoms with E-state index in [2.05, 4.69) is 93.6 Å². The number of hydrogen-bond donors (Lipinski definition) is 0. The van der Waals surface area contributed by atoms with Gasteiger partial charge >= 0.3 is 0 Å². The maximum absolute atomic E-state index is 7.03. The first-order valence-corrected chi connectivity index (χ1v) is 17.4. The van der Waals surface area contributed by atoms with Crippen molar-refractivity contribution >= 4 is 16.6 Å². The molecule has 1 aliphatic carbocycles. The fourth-order valence-corrected chi connectivity index (χ4v) is 12.2. The third-order valence-electron chi connectivity index (χ3n) is 6.89. The zero-order valence-corrected chi connectivity index (χ0v) is 23.6.